The van der Waals surface area contributed by atoms with Crippen LogP contribution in [0.3, 0.4) is 0 Å². The summed E-state index contributed by atoms with van der Waals surface area (Å²) in [5.41, 5.74) is 5.45. The molecular formula is C36H33F3N2O. The summed E-state index contributed by atoms with van der Waals surface area (Å²) in [6.07, 6.45) is 0.565. The summed E-state index contributed by atoms with van der Waals surface area (Å²) in [6, 6.07) is 31.6. The van der Waals surface area contributed by atoms with E-state index < -0.39 is 11.7 Å². The lowest BCUT2D eigenvalue weighted by atomic mass is 9.71. The van der Waals surface area contributed by atoms with Crippen molar-refractivity contribution in [2.75, 3.05) is 19.0 Å². The molecule has 2 aliphatic rings. The Balaban J connectivity index is 1.37. The van der Waals surface area contributed by atoms with E-state index >= 15 is 0 Å². The number of nitrogens with zero attached hydrogens (tertiary/aromatic N) is 2. The third-order valence-electron chi connectivity index (χ3n) is 8.67. The Hall–Kier alpha value is -4.32. The summed E-state index contributed by atoms with van der Waals surface area (Å²) in [7, 11) is 4.03. The maximum Gasteiger partial charge on any atom is 0.416 e. The summed E-state index contributed by atoms with van der Waals surface area (Å²) < 4.78 is 40.1. The van der Waals surface area contributed by atoms with Crippen molar-refractivity contribution in [3.05, 3.63) is 138 Å². The number of carbonyl (C=O) groups excluding carboxylic acids is 1. The number of rotatable bonds is 6. The number of amides is 1. The molecule has 0 unspecified atom stereocenters. The van der Waals surface area contributed by atoms with Gasteiger partial charge in [0.25, 0.3) is 0 Å². The van der Waals surface area contributed by atoms with Crippen LogP contribution in [0.1, 0.15) is 40.6 Å². The van der Waals surface area contributed by atoms with Crippen LogP contribution in [0.25, 0.3) is 11.1 Å². The zero-order valence-corrected chi connectivity index (χ0v) is 23.6. The van der Waals surface area contributed by atoms with Crippen LogP contribution in [0.5, 0.6) is 0 Å². The Labute approximate surface area is 244 Å². The molecule has 0 N–H and O–H groups in total. The largest absolute Gasteiger partial charge is 0.416 e. The number of alkyl halides is 3. The van der Waals surface area contributed by atoms with Crippen LogP contribution in [-0.4, -0.2) is 24.9 Å². The highest BCUT2D eigenvalue weighted by Gasteiger charge is 2.51. The molecule has 0 radical (unpaired) electrons. The number of likely N-dealkylation sites (tertiary alicyclic amines) is 1. The van der Waals surface area contributed by atoms with Gasteiger partial charge in [0.05, 0.1) is 17.5 Å². The monoisotopic (exact) mass is 566 g/mol. The second kappa shape index (κ2) is 11.2. The third kappa shape index (κ3) is 5.34. The smallest absolute Gasteiger partial charge is 0.378 e. The molecule has 3 nitrogen and oxygen atoms in total. The van der Waals surface area contributed by atoms with Gasteiger partial charge in [0.2, 0.25) is 5.91 Å². The lowest BCUT2D eigenvalue weighted by Crippen LogP contribution is -2.31. The molecule has 1 aliphatic carbocycles. The van der Waals surface area contributed by atoms with E-state index in [0.717, 1.165) is 52.1 Å². The molecule has 1 fully saturated rings. The van der Waals surface area contributed by atoms with E-state index in [1.165, 1.54) is 12.1 Å². The molecule has 0 spiro atoms. The first-order chi connectivity index (χ1) is 20.2. The topological polar surface area (TPSA) is 23.6 Å². The minimum absolute atomic E-state index is 0.0359. The number of fused-ring (bicyclic) bond motifs is 1. The number of hydrogen-bond acceptors (Lipinski definition) is 2. The van der Waals surface area contributed by atoms with Crippen molar-refractivity contribution in [2.24, 2.45) is 11.8 Å². The average molecular weight is 567 g/mol. The van der Waals surface area contributed by atoms with E-state index in [2.05, 4.69) is 59.5 Å². The molecule has 42 heavy (non-hydrogen) atoms. The van der Waals surface area contributed by atoms with Crippen LogP contribution in [0.2, 0.25) is 0 Å². The normalized spacial score (nSPS) is 21.8. The van der Waals surface area contributed by atoms with Crippen LogP contribution in [-0.2, 0) is 17.5 Å². The third-order valence-corrected chi connectivity index (χ3v) is 8.67. The summed E-state index contributed by atoms with van der Waals surface area (Å²) >= 11 is 0. The molecule has 4 atom stereocenters. The van der Waals surface area contributed by atoms with Gasteiger partial charge in [0.15, 0.2) is 0 Å². The molecule has 4 aromatic rings. The number of halogens is 3. The predicted octanol–water partition coefficient (Wildman–Crippen LogP) is 8.50. The molecule has 214 valence electrons. The zero-order chi connectivity index (χ0) is 29.4. The first-order valence-corrected chi connectivity index (χ1v) is 14.3. The second-order valence-electron chi connectivity index (χ2n) is 11.5. The highest BCUT2D eigenvalue weighted by atomic mass is 19.4. The van der Waals surface area contributed by atoms with Gasteiger partial charge in [-0.1, -0.05) is 91.0 Å². The lowest BCUT2D eigenvalue weighted by molar-refractivity contribution is -0.137. The van der Waals surface area contributed by atoms with Gasteiger partial charge < -0.3 is 9.80 Å². The maximum atomic E-state index is 14.3. The molecule has 1 heterocycles. The highest BCUT2D eigenvalue weighted by Crippen LogP contribution is 2.52. The van der Waals surface area contributed by atoms with Gasteiger partial charge in [0, 0.05) is 32.2 Å². The zero-order valence-electron chi connectivity index (χ0n) is 23.6. The van der Waals surface area contributed by atoms with E-state index in [1.807, 2.05) is 55.4 Å². The number of benzene rings is 4. The van der Waals surface area contributed by atoms with Crippen molar-refractivity contribution in [3.63, 3.8) is 0 Å². The van der Waals surface area contributed by atoms with E-state index in [0.29, 0.717) is 6.54 Å². The number of allylic oxidation sites excluding steroid dienone is 1. The molecular weight excluding hydrogens is 533 g/mol. The van der Waals surface area contributed by atoms with E-state index in [9.17, 15) is 18.0 Å². The number of hydrogen-bond donors (Lipinski definition) is 0. The van der Waals surface area contributed by atoms with Gasteiger partial charge in [-0.25, -0.2) is 0 Å². The first kappa shape index (κ1) is 27.8. The Bertz CT molecular complexity index is 1580. The molecule has 0 aromatic heterocycles. The van der Waals surface area contributed by atoms with Crippen molar-refractivity contribution < 1.29 is 18.0 Å². The van der Waals surface area contributed by atoms with Gasteiger partial charge in [-0.2, -0.15) is 13.2 Å². The first-order valence-electron chi connectivity index (χ1n) is 14.3. The van der Waals surface area contributed by atoms with Crippen LogP contribution >= 0.6 is 0 Å². The second-order valence-corrected chi connectivity index (χ2v) is 11.5. The van der Waals surface area contributed by atoms with Crippen molar-refractivity contribution in [3.8, 4) is 11.1 Å². The fraction of sp³-hybridized carbons (Fsp3) is 0.250. The van der Waals surface area contributed by atoms with Crippen LogP contribution < -0.4 is 4.90 Å². The van der Waals surface area contributed by atoms with E-state index in [4.69, 9.17) is 0 Å². The Morgan fingerprint density at radius 1 is 0.810 bits per heavy atom. The van der Waals surface area contributed by atoms with Crippen molar-refractivity contribution in [2.45, 2.75) is 31.1 Å². The number of carbonyl (C=O) groups is 1. The molecule has 0 saturated carbocycles. The Kier molecular flexibility index (Phi) is 7.40. The van der Waals surface area contributed by atoms with Crippen molar-refractivity contribution in [1.29, 1.82) is 0 Å². The molecule has 1 saturated heterocycles. The van der Waals surface area contributed by atoms with Gasteiger partial charge in [-0.05, 0) is 64.4 Å². The fourth-order valence-electron chi connectivity index (χ4n) is 6.56. The molecule has 4 aromatic carbocycles. The van der Waals surface area contributed by atoms with Gasteiger partial charge >= 0.3 is 6.18 Å². The molecule has 1 aliphatic heterocycles. The Morgan fingerprint density at radius 3 is 2.19 bits per heavy atom. The highest BCUT2D eigenvalue weighted by molar-refractivity contribution is 5.84. The molecule has 6 rings (SSSR count). The molecule has 1 amide bonds. The van der Waals surface area contributed by atoms with E-state index in [1.54, 1.807) is 0 Å². The van der Waals surface area contributed by atoms with Crippen LogP contribution in [0.15, 0.2) is 115 Å². The van der Waals surface area contributed by atoms with Gasteiger partial charge in [0.1, 0.15) is 0 Å². The maximum absolute atomic E-state index is 14.3. The fourth-order valence-corrected chi connectivity index (χ4v) is 6.56. The standard InChI is InChI=1S/C36H33F3N2O/c1-40(2)30-20-16-25(17-21-30)27-10-6-11-28(22-27)31-12-7-13-32-33(31)35(42)41(23-24-8-4-3-5-9-24)34(32)26-14-18-29(19-15-26)36(37,38)39/h3-11,13-22,31-34H,12,23H2,1-2H3/t31-,32-,33-,34+/m1/s1. The Morgan fingerprint density at radius 2 is 1.52 bits per heavy atom. The minimum Gasteiger partial charge on any atom is -0.378 e. The minimum atomic E-state index is -4.41. The van der Waals surface area contributed by atoms with Crippen LogP contribution in [0.4, 0.5) is 18.9 Å². The summed E-state index contributed by atoms with van der Waals surface area (Å²) in [5.74, 6) is -0.452. The van der Waals surface area contributed by atoms with Crippen molar-refractivity contribution >= 4 is 11.6 Å². The molecule has 0 bridgehead atoms. The SMILES string of the molecule is CN(C)c1ccc(-c2cccc([C@H]3CC=C[C@@H]4[C@@H]3C(=O)N(Cc3ccccc3)[C@H]4c3ccc(C(F)(F)F)cc3)c2)cc1. The number of anilines is 1. The quantitative estimate of drug-likeness (QED) is 0.219. The lowest BCUT2D eigenvalue weighted by Gasteiger charge is -2.31. The van der Waals surface area contributed by atoms with Gasteiger partial charge in [-0.3, -0.25) is 4.79 Å². The van der Waals surface area contributed by atoms with Crippen LogP contribution in [0, 0.1) is 11.8 Å². The summed E-state index contributed by atoms with van der Waals surface area (Å²) in [6.45, 7) is 0.400. The summed E-state index contributed by atoms with van der Waals surface area (Å²) in [4.78, 5) is 18.2. The predicted molar refractivity (Wildman–Crippen MR) is 161 cm³/mol. The van der Waals surface area contributed by atoms with E-state index in [-0.39, 0.29) is 29.7 Å². The van der Waals surface area contributed by atoms with Gasteiger partial charge in [-0.15, -0.1) is 0 Å². The summed E-state index contributed by atoms with van der Waals surface area (Å²) in [5, 5.41) is 0. The molecule has 6 heteroatoms. The average Bonchev–Trinajstić information content (AvgIpc) is 3.28. The van der Waals surface area contributed by atoms with Crippen molar-refractivity contribution in [1.82, 2.24) is 4.90 Å².